The number of rotatable bonds is 7. The van der Waals surface area contributed by atoms with Crippen molar-refractivity contribution in [1.29, 1.82) is 0 Å². The molecule has 118 valence electrons. The van der Waals surface area contributed by atoms with Crippen LogP contribution in [0.4, 0.5) is 13.2 Å². The van der Waals surface area contributed by atoms with Gasteiger partial charge in [-0.25, -0.2) is 0 Å². The molecule has 5 nitrogen and oxygen atoms in total. The molecule has 0 fully saturated rings. The standard InChI is InChI=1S/C14H11F3O5/c15-14(16,17)12(19)7-6-10(13(20)21)11(18)8-22-9-4-2-1-3-5-9/h1-7,10H,8H2,(H,20,21). The van der Waals surface area contributed by atoms with Crippen LogP contribution >= 0.6 is 0 Å². The molecule has 0 aromatic heterocycles. The van der Waals surface area contributed by atoms with Crippen molar-refractivity contribution in [2.24, 2.45) is 5.92 Å². The van der Waals surface area contributed by atoms with Crippen molar-refractivity contribution in [2.75, 3.05) is 6.61 Å². The van der Waals surface area contributed by atoms with Crippen molar-refractivity contribution in [3.8, 4) is 5.75 Å². The predicted octanol–water partition coefficient (Wildman–Crippen LogP) is 2.02. The number of aliphatic carboxylic acids is 1. The molecule has 0 bridgehead atoms. The number of benzene rings is 1. The van der Waals surface area contributed by atoms with Gasteiger partial charge in [0.15, 0.2) is 5.78 Å². The number of hydrogen-bond acceptors (Lipinski definition) is 4. The number of para-hydroxylation sites is 1. The van der Waals surface area contributed by atoms with E-state index in [1.807, 2.05) is 0 Å². The Morgan fingerprint density at radius 1 is 1.18 bits per heavy atom. The fourth-order valence-corrected chi connectivity index (χ4v) is 1.37. The zero-order valence-electron chi connectivity index (χ0n) is 11.0. The van der Waals surface area contributed by atoms with Crippen molar-refractivity contribution in [3.05, 3.63) is 42.5 Å². The normalized spacial score (nSPS) is 12.9. The van der Waals surface area contributed by atoms with Crippen LogP contribution in [0.5, 0.6) is 5.75 Å². The SMILES string of the molecule is O=C(O)C(C=CC(=O)C(F)(F)F)C(=O)COc1ccccc1. The van der Waals surface area contributed by atoms with Gasteiger partial charge in [0.2, 0.25) is 0 Å². The summed E-state index contributed by atoms with van der Waals surface area (Å²) in [4.78, 5) is 33.2. The Morgan fingerprint density at radius 3 is 2.27 bits per heavy atom. The van der Waals surface area contributed by atoms with E-state index in [2.05, 4.69) is 0 Å². The van der Waals surface area contributed by atoms with E-state index >= 15 is 0 Å². The lowest BCUT2D eigenvalue weighted by Crippen LogP contribution is -2.28. The largest absolute Gasteiger partial charge is 0.486 e. The van der Waals surface area contributed by atoms with E-state index in [0.717, 1.165) is 0 Å². The summed E-state index contributed by atoms with van der Waals surface area (Å²) < 4.78 is 41.1. The van der Waals surface area contributed by atoms with Gasteiger partial charge in [0.05, 0.1) is 0 Å². The molecule has 1 N–H and O–H groups in total. The van der Waals surface area contributed by atoms with Crippen LogP contribution in [0.25, 0.3) is 0 Å². The summed E-state index contributed by atoms with van der Waals surface area (Å²) in [7, 11) is 0. The highest BCUT2D eigenvalue weighted by molar-refractivity contribution is 6.02. The van der Waals surface area contributed by atoms with Crippen molar-refractivity contribution in [3.63, 3.8) is 0 Å². The number of carboxylic acids is 1. The quantitative estimate of drug-likeness (QED) is 0.615. The smallest absolute Gasteiger partial charge is 0.454 e. The summed E-state index contributed by atoms with van der Waals surface area (Å²) in [6.45, 7) is -0.647. The molecule has 0 spiro atoms. The molecule has 0 aliphatic carbocycles. The van der Waals surface area contributed by atoms with Crippen LogP contribution in [0.1, 0.15) is 0 Å². The highest BCUT2D eigenvalue weighted by atomic mass is 19.4. The van der Waals surface area contributed by atoms with Gasteiger partial charge >= 0.3 is 12.1 Å². The third-order valence-corrected chi connectivity index (χ3v) is 2.46. The second-order valence-corrected chi connectivity index (χ2v) is 4.11. The summed E-state index contributed by atoms with van der Waals surface area (Å²) in [6, 6.07) is 7.98. The molecule has 0 saturated heterocycles. The Labute approximate surface area is 123 Å². The van der Waals surface area contributed by atoms with E-state index in [9.17, 15) is 27.6 Å². The van der Waals surface area contributed by atoms with Gasteiger partial charge in [0.1, 0.15) is 18.3 Å². The summed E-state index contributed by atoms with van der Waals surface area (Å²) in [5.74, 6) is -6.49. The summed E-state index contributed by atoms with van der Waals surface area (Å²) in [5, 5.41) is 8.84. The lowest BCUT2D eigenvalue weighted by atomic mass is 10.0. The number of ketones is 2. The first-order chi connectivity index (χ1) is 10.2. The molecular weight excluding hydrogens is 305 g/mol. The Kier molecular flexibility index (Phi) is 5.85. The number of carbonyl (C=O) groups excluding carboxylic acids is 2. The number of Topliss-reactive ketones (excluding diaryl/α,β-unsaturated/α-hetero) is 1. The summed E-state index contributed by atoms with van der Waals surface area (Å²) in [6.07, 6.45) is -4.70. The molecule has 0 aliphatic heterocycles. The molecule has 1 atom stereocenters. The third kappa shape index (κ3) is 5.39. The van der Waals surface area contributed by atoms with Gasteiger partial charge in [0.25, 0.3) is 5.78 Å². The topological polar surface area (TPSA) is 80.7 Å². The van der Waals surface area contributed by atoms with Gasteiger partial charge in [-0.3, -0.25) is 14.4 Å². The Hall–Kier alpha value is -2.64. The van der Waals surface area contributed by atoms with E-state index in [0.29, 0.717) is 11.8 Å². The molecule has 22 heavy (non-hydrogen) atoms. The molecule has 8 heteroatoms. The first-order valence-corrected chi connectivity index (χ1v) is 5.94. The molecule has 0 heterocycles. The number of alkyl halides is 3. The van der Waals surface area contributed by atoms with Crippen LogP contribution < -0.4 is 4.74 Å². The predicted molar refractivity (Wildman–Crippen MR) is 68.3 cm³/mol. The van der Waals surface area contributed by atoms with Crippen molar-refractivity contribution in [2.45, 2.75) is 6.18 Å². The molecule has 0 amide bonds. The lowest BCUT2D eigenvalue weighted by Gasteiger charge is -2.09. The zero-order chi connectivity index (χ0) is 16.8. The minimum absolute atomic E-state index is 0.0270. The van der Waals surface area contributed by atoms with Crippen LogP contribution in [0, 0.1) is 5.92 Å². The Morgan fingerprint density at radius 2 is 1.77 bits per heavy atom. The molecule has 1 rings (SSSR count). The van der Waals surface area contributed by atoms with Gasteiger partial charge in [0, 0.05) is 0 Å². The fourth-order valence-electron chi connectivity index (χ4n) is 1.37. The summed E-state index contributed by atoms with van der Waals surface area (Å²) in [5.41, 5.74) is 0. The first kappa shape index (κ1) is 17.4. The highest BCUT2D eigenvalue weighted by Gasteiger charge is 2.36. The molecular formula is C14H11F3O5. The minimum atomic E-state index is -5.12. The molecule has 0 aliphatic rings. The number of hydrogen-bond donors (Lipinski definition) is 1. The highest BCUT2D eigenvalue weighted by Crippen LogP contribution is 2.17. The number of carbonyl (C=O) groups is 3. The molecule has 0 saturated carbocycles. The molecule has 0 radical (unpaired) electrons. The third-order valence-electron chi connectivity index (χ3n) is 2.46. The molecule has 1 unspecified atom stereocenters. The average molecular weight is 316 g/mol. The van der Waals surface area contributed by atoms with Crippen molar-refractivity contribution < 1.29 is 37.4 Å². The van der Waals surface area contributed by atoms with Gasteiger partial charge in [-0.2, -0.15) is 13.2 Å². The van der Waals surface area contributed by atoms with Crippen molar-refractivity contribution >= 4 is 17.5 Å². The fraction of sp³-hybridized carbons (Fsp3) is 0.214. The zero-order valence-corrected chi connectivity index (χ0v) is 11.0. The van der Waals surface area contributed by atoms with Gasteiger partial charge in [-0.15, -0.1) is 0 Å². The van der Waals surface area contributed by atoms with Crippen LogP contribution in [0.2, 0.25) is 0 Å². The second kappa shape index (κ2) is 7.39. The maximum atomic E-state index is 12.0. The number of ether oxygens (including phenoxy) is 1. The number of carboxylic acid groups (broad SMARTS) is 1. The number of allylic oxidation sites excluding steroid dienone is 1. The molecule has 1 aromatic rings. The number of halogens is 3. The van der Waals surface area contributed by atoms with Crippen LogP contribution in [-0.2, 0) is 14.4 Å². The van der Waals surface area contributed by atoms with E-state index in [1.54, 1.807) is 18.2 Å². The first-order valence-electron chi connectivity index (χ1n) is 5.94. The maximum absolute atomic E-state index is 12.0. The van der Waals surface area contributed by atoms with E-state index in [4.69, 9.17) is 9.84 Å². The monoisotopic (exact) mass is 316 g/mol. The Bertz CT molecular complexity index is 578. The van der Waals surface area contributed by atoms with Crippen LogP contribution in [0.15, 0.2) is 42.5 Å². The van der Waals surface area contributed by atoms with Crippen LogP contribution in [0.3, 0.4) is 0 Å². The maximum Gasteiger partial charge on any atom is 0.454 e. The van der Waals surface area contributed by atoms with E-state index < -0.39 is 36.2 Å². The van der Waals surface area contributed by atoms with Gasteiger partial charge in [-0.05, 0) is 18.2 Å². The average Bonchev–Trinajstić information content (AvgIpc) is 2.44. The van der Waals surface area contributed by atoms with E-state index in [-0.39, 0.29) is 6.08 Å². The Balaban J connectivity index is 2.70. The minimum Gasteiger partial charge on any atom is -0.486 e. The summed E-state index contributed by atoms with van der Waals surface area (Å²) >= 11 is 0. The van der Waals surface area contributed by atoms with Crippen LogP contribution in [-0.4, -0.2) is 35.4 Å². The molecule has 1 aromatic carbocycles. The van der Waals surface area contributed by atoms with E-state index in [1.165, 1.54) is 12.1 Å². The lowest BCUT2D eigenvalue weighted by molar-refractivity contribution is -0.165. The van der Waals surface area contributed by atoms with Gasteiger partial charge in [-0.1, -0.05) is 24.3 Å². The van der Waals surface area contributed by atoms with Crippen molar-refractivity contribution in [1.82, 2.24) is 0 Å². The van der Waals surface area contributed by atoms with Gasteiger partial charge < -0.3 is 9.84 Å². The second-order valence-electron chi connectivity index (χ2n) is 4.11.